The van der Waals surface area contributed by atoms with Crippen LogP contribution in [0.2, 0.25) is 0 Å². The zero-order chi connectivity index (χ0) is 19.1. The van der Waals surface area contributed by atoms with Crippen molar-refractivity contribution in [3.05, 3.63) is 70.0 Å². The van der Waals surface area contributed by atoms with Crippen LogP contribution >= 0.6 is 11.3 Å². The number of pyridine rings is 1. The molecule has 5 nitrogen and oxygen atoms in total. The van der Waals surface area contributed by atoms with Crippen molar-refractivity contribution < 1.29 is 9.32 Å². The average Bonchev–Trinajstić information content (AvgIpc) is 3.48. The molecule has 6 heteroatoms. The summed E-state index contributed by atoms with van der Waals surface area (Å²) >= 11 is 1.71. The Morgan fingerprint density at radius 1 is 1.21 bits per heavy atom. The Morgan fingerprint density at radius 3 is 2.86 bits per heavy atom. The normalized spacial score (nSPS) is 16.8. The lowest BCUT2D eigenvalue weighted by molar-refractivity contribution is 0.0739. The Kier molecular flexibility index (Phi) is 4.20. The fourth-order valence-corrected chi connectivity index (χ4v) is 4.83. The second kappa shape index (κ2) is 6.87. The molecule has 5 rings (SSSR count). The van der Waals surface area contributed by atoms with Crippen LogP contribution in [0.15, 0.2) is 58.4 Å². The number of aryl methyl sites for hydroxylation is 1. The van der Waals surface area contributed by atoms with Gasteiger partial charge < -0.3 is 9.42 Å². The van der Waals surface area contributed by atoms with Gasteiger partial charge in [0.25, 0.3) is 11.6 Å². The van der Waals surface area contributed by atoms with E-state index in [1.165, 1.54) is 4.88 Å². The number of benzene rings is 1. The standard InChI is InChI=1S/C22H19N3O2S/c1-14-20-16(22(26)25-11-5-9-18(25)19-10-6-12-28-19)13-17(23-21(20)27-24-14)15-7-3-2-4-8-15/h2-4,6-8,10,12-13,18H,5,9,11H2,1H3/t18-/m1/s1. The van der Waals surface area contributed by atoms with Gasteiger partial charge in [-0.1, -0.05) is 41.6 Å². The number of rotatable bonds is 3. The number of likely N-dealkylation sites (tertiary alicyclic amines) is 1. The number of amides is 1. The molecule has 1 fully saturated rings. The number of nitrogens with zero attached hydrogens (tertiary/aromatic N) is 3. The summed E-state index contributed by atoms with van der Waals surface area (Å²) in [5.74, 6) is 0.0202. The Hall–Kier alpha value is -2.99. The van der Waals surface area contributed by atoms with E-state index in [1.807, 2.05) is 54.3 Å². The van der Waals surface area contributed by atoms with Gasteiger partial charge in [0.05, 0.1) is 28.4 Å². The molecule has 0 aliphatic carbocycles. The highest BCUT2D eigenvalue weighted by Crippen LogP contribution is 2.37. The number of thiophene rings is 1. The van der Waals surface area contributed by atoms with Gasteiger partial charge in [0, 0.05) is 17.0 Å². The molecule has 0 saturated carbocycles. The Balaban J connectivity index is 1.63. The van der Waals surface area contributed by atoms with Crippen LogP contribution in [0.25, 0.3) is 22.4 Å². The minimum atomic E-state index is 0.0202. The van der Waals surface area contributed by atoms with Crippen molar-refractivity contribution >= 4 is 28.3 Å². The Morgan fingerprint density at radius 2 is 2.07 bits per heavy atom. The number of hydrogen-bond donors (Lipinski definition) is 0. The molecule has 4 aromatic rings. The predicted molar refractivity (Wildman–Crippen MR) is 109 cm³/mol. The fourth-order valence-electron chi connectivity index (χ4n) is 3.96. The molecule has 0 unspecified atom stereocenters. The third kappa shape index (κ3) is 2.81. The zero-order valence-electron chi connectivity index (χ0n) is 15.5. The van der Waals surface area contributed by atoms with E-state index in [0.717, 1.165) is 30.6 Å². The first kappa shape index (κ1) is 17.1. The van der Waals surface area contributed by atoms with Gasteiger partial charge in [0.2, 0.25) is 0 Å². The Bertz CT molecular complexity index is 1140. The zero-order valence-corrected chi connectivity index (χ0v) is 16.3. The highest BCUT2D eigenvalue weighted by Gasteiger charge is 2.33. The van der Waals surface area contributed by atoms with E-state index in [9.17, 15) is 4.79 Å². The molecule has 0 radical (unpaired) electrons. The maximum absolute atomic E-state index is 13.6. The maximum atomic E-state index is 13.6. The lowest BCUT2D eigenvalue weighted by Crippen LogP contribution is -2.30. The number of hydrogen-bond acceptors (Lipinski definition) is 5. The number of carbonyl (C=O) groups is 1. The minimum Gasteiger partial charge on any atom is -0.335 e. The molecular formula is C22H19N3O2S. The molecule has 0 spiro atoms. The summed E-state index contributed by atoms with van der Waals surface area (Å²) in [6, 6.07) is 16.0. The molecule has 0 bridgehead atoms. The molecule has 1 aliphatic heterocycles. The second-order valence-electron chi connectivity index (χ2n) is 7.04. The van der Waals surface area contributed by atoms with E-state index < -0.39 is 0 Å². The number of fused-ring (bicyclic) bond motifs is 1. The van der Waals surface area contributed by atoms with Gasteiger partial charge in [-0.15, -0.1) is 11.3 Å². The summed E-state index contributed by atoms with van der Waals surface area (Å²) in [4.78, 5) is 21.5. The third-order valence-corrected chi connectivity index (χ3v) is 6.28. The van der Waals surface area contributed by atoms with Crippen LogP contribution in [0.5, 0.6) is 0 Å². The van der Waals surface area contributed by atoms with Crippen LogP contribution in [0.1, 0.15) is 39.8 Å². The van der Waals surface area contributed by atoms with Gasteiger partial charge in [0.15, 0.2) is 0 Å². The summed E-state index contributed by atoms with van der Waals surface area (Å²) in [6.07, 6.45) is 2.01. The van der Waals surface area contributed by atoms with Gasteiger partial charge in [-0.2, -0.15) is 0 Å². The van der Waals surface area contributed by atoms with Crippen molar-refractivity contribution in [1.82, 2.24) is 15.0 Å². The summed E-state index contributed by atoms with van der Waals surface area (Å²) in [7, 11) is 0. The van der Waals surface area contributed by atoms with E-state index in [4.69, 9.17) is 4.52 Å². The molecule has 1 aliphatic rings. The van der Waals surface area contributed by atoms with E-state index in [2.05, 4.69) is 21.6 Å². The first-order valence-corrected chi connectivity index (χ1v) is 10.3. The first-order valence-electron chi connectivity index (χ1n) is 9.39. The summed E-state index contributed by atoms with van der Waals surface area (Å²) in [5, 5.41) is 6.84. The van der Waals surface area contributed by atoms with Crippen molar-refractivity contribution in [1.29, 1.82) is 0 Å². The largest absolute Gasteiger partial charge is 0.335 e. The Labute approximate surface area is 166 Å². The van der Waals surface area contributed by atoms with Crippen molar-refractivity contribution in [2.24, 2.45) is 0 Å². The van der Waals surface area contributed by atoms with Gasteiger partial charge >= 0.3 is 0 Å². The lowest BCUT2D eigenvalue weighted by atomic mass is 10.0. The molecule has 1 aromatic carbocycles. The molecule has 140 valence electrons. The monoisotopic (exact) mass is 389 g/mol. The topological polar surface area (TPSA) is 59.2 Å². The van der Waals surface area contributed by atoms with Crippen molar-refractivity contribution in [2.45, 2.75) is 25.8 Å². The van der Waals surface area contributed by atoms with Crippen molar-refractivity contribution in [2.75, 3.05) is 6.54 Å². The highest BCUT2D eigenvalue weighted by molar-refractivity contribution is 7.10. The van der Waals surface area contributed by atoms with Crippen LogP contribution in [0, 0.1) is 6.92 Å². The molecule has 1 amide bonds. The van der Waals surface area contributed by atoms with Gasteiger partial charge in [-0.3, -0.25) is 4.79 Å². The molecule has 1 saturated heterocycles. The SMILES string of the molecule is Cc1noc2nc(-c3ccccc3)cc(C(=O)N3CCC[C@@H]3c3cccs3)c12. The highest BCUT2D eigenvalue weighted by atomic mass is 32.1. The maximum Gasteiger partial charge on any atom is 0.259 e. The molecule has 3 aromatic heterocycles. The molecular weight excluding hydrogens is 370 g/mol. The molecule has 28 heavy (non-hydrogen) atoms. The predicted octanol–water partition coefficient (Wildman–Crippen LogP) is 5.24. The second-order valence-corrected chi connectivity index (χ2v) is 8.02. The molecule has 4 heterocycles. The van der Waals surface area contributed by atoms with Crippen LogP contribution in [0.4, 0.5) is 0 Å². The lowest BCUT2D eigenvalue weighted by Gasteiger charge is -2.24. The molecule has 1 atom stereocenters. The van der Waals surface area contributed by atoms with Gasteiger partial charge in [0.1, 0.15) is 0 Å². The van der Waals surface area contributed by atoms with E-state index in [-0.39, 0.29) is 11.9 Å². The quantitative estimate of drug-likeness (QED) is 0.481. The average molecular weight is 389 g/mol. The number of aromatic nitrogens is 2. The van der Waals surface area contributed by atoms with Crippen LogP contribution in [-0.4, -0.2) is 27.5 Å². The fraction of sp³-hybridized carbons (Fsp3) is 0.227. The summed E-state index contributed by atoms with van der Waals surface area (Å²) in [6.45, 7) is 2.61. The first-order chi connectivity index (χ1) is 13.7. The summed E-state index contributed by atoms with van der Waals surface area (Å²) in [5.41, 5.74) is 3.39. The smallest absolute Gasteiger partial charge is 0.259 e. The number of carbonyl (C=O) groups excluding carboxylic acids is 1. The third-order valence-electron chi connectivity index (χ3n) is 5.30. The van der Waals surface area contributed by atoms with Crippen molar-refractivity contribution in [3.63, 3.8) is 0 Å². The van der Waals surface area contributed by atoms with Crippen LogP contribution in [-0.2, 0) is 0 Å². The van der Waals surface area contributed by atoms with E-state index in [1.54, 1.807) is 11.3 Å². The minimum absolute atomic E-state index is 0.0202. The van der Waals surface area contributed by atoms with Crippen LogP contribution < -0.4 is 0 Å². The van der Waals surface area contributed by atoms with Crippen molar-refractivity contribution in [3.8, 4) is 11.3 Å². The van der Waals surface area contributed by atoms with E-state index in [0.29, 0.717) is 22.4 Å². The summed E-state index contributed by atoms with van der Waals surface area (Å²) < 4.78 is 5.43. The van der Waals surface area contributed by atoms with Crippen LogP contribution in [0.3, 0.4) is 0 Å². The van der Waals surface area contributed by atoms with E-state index >= 15 is 0 Å². The molecule has 0 N–H and O–H groups in total. The van der Waals surface area contributed by atoms with Gasteiger partial charge in [-0.05, 0) is 37.3 Å². The van der Waals surface area contributed by atoms with Gasteiger partial charge in [-0.25, -0.2) is 4.98 Å².